The maximum absolute atomic E-state index is 12.0. The minimum Gasteiger partial charge on any atom is -0.457 e. The van der Waals surface area contributed by atoms with E-state index in [0.29, 0.717) is 17.3 Å². The molecule has 0 saturated heterocycles. The van der Waals surface area contributed by atoms with E-state index in [1.54, 1.807) is 0 Å². The van der Waals surface area contributed by atoms with E-state index in [0.717, 1.165) is 12.0 Å². The molecule has 26 heavy (non-hydrogen) atoms. The number of aryl methyl sites for hydroxylation is 1. The van der Waals surface area contributed by atoms with Gasteiger partial charge in [-0.1, -0.05) is 55.8 Å². The van der Waals surface area contributed by atoms with Gasteiger partial charge in [-0.05, 0) is 39.2 Å². The summed E-state index contributed by atoms with van der Waals surface area (Å²) in [6, 6.07) is 8.19. The third kappa shape index (κ3) is 6.14. The van der Waals surface area contributed by atoms with Crippen molar-refractivity contribution in [2.24, 2.45) is 0 Å². The van der Waals surface area contributed by atoms with E-state index in [-0.39, 0.29) is 6.42 Å². The fourth-order valence-corrected chi connectivity index (χ4v) is 2.45. The lowest BCUT2D eigenvalue weighted by molar-refractivity contribution is -0.150. The maximum Gasteiger partial charge on any atom is 0.334 e. The zero-order valence-corrected chi connectivity index (χ0v) is 16.2. The molecule has 1 aromatic heterocycles. The van der Waals surface area contributed by atoms with Crippen LogP contribution in [0.1, 0.15) is 58.4 Å². The number of ether oxygens (including phenoxy) is 1. The van der Waals surface area contributed by atoms with Gasteiger partial charge in [0.25, 0.3) is 0 Å². The van der Waals surface area contributed by atoms with Crippen LogP contribution in [0, 0.1) is 0 Å². The lowest BCUT2D eigenvalue weighted by atomic mass is 10.1. The number of nitrogens with zero attached hydrogens (tertiary/aromatic N) is 2. The summed E-state index contributed by atoms with van der Waals surface area (Å²) < 4.78 is 10.5. The lowest BCUT2D eigenvalue weighted by Crippen LogP contribution is -2.25. The van der Waals surface area contributed by atoms with E-state index >= 15 is 0 Å². The van der Waals surface area contributed by atoms with Gasteiger partial charge in [-0.15, -0.1) is 0 Å². The van der Waals surface area contributed by atoms with Gasteiger partial charge >= 0.3 is 5.97 Å². The number of esters is 1. The number of benzene rings is 1. The van der Waals surface area contributed by atoms with E-state index in [4.69, 9.17) is 9.26 Å². The van der Waals surface area contributed by atoms with Crippen molar-refractivity contribution < 1.29 is 14.1 Å². The highest BCUT2D eigenvalue weighted by atomic mass is 16.6. The van der Waals surface area contributed by atoms with Gasteiger partial charge in [0.15, 0.2) is 0 Å². The van der Waals surface area contributed by atoms with Gasteiger partial charge in [-0.25, -0.2) is 4.79 Å². The fourth-order valence-electron chi connectivity index (χ4n) is 2.45. The second-order valence-corrected chi connectivity index (χ2v) is 7.45. The lowest BCUT2D eigenvalue weighted by Gasteiger charge is -2.19. The number of unbranched alkanes of at least 4 members (excludes halogenated alkanes) is 2. The first-order valence-electron chi connectivity index (χ1n) is 9.11. The van der Waals surface area contributed by atoms with Gasteiger partial charge in [0, 0.05) is 11.1 Å². The summed E-state index contributed by atoms with van der Waals surface area (Å²) in [6.07, 6.45) is 4.93. The third-order valence-corrected chi connectivity index (χ3v) is 3.80. The van der Waals surface area contributed by atoms with E-state index in [1.807, 2.05) is 32.9 Å². The first-order valence-corrected chi connectivity index (χ1v) is 9.11. The van der Waals surface area contributed by atoms with Gasteiger partial charge in [-0.3, -0.25) is 0 Å². The first-order chi connectivity index (χ1) is 12.3. The standard InChI is InChI=1S/C21H28N2O3/c1-6-7-8-9-16-10-12-17(13-11-16)19-22-18(26-23-19)14-15(2)20(24)25-21(3,4)5/h10-13H,2,6-9,14H2,1,3-5H3. The molecule has 0 spiro atoms. The molecule has 2 rings (SSSR count). The highest BCUT2D eigenvalue weighted by Crippen LogP contribution is 2.19. The molecular weight excluding hydrogens is 328 g/mol. The van der Waals surface area contributed by atoms with Crippen molar-refractivity contribution in [1.82, 2.24) is 10.1 Å². The van der Waals surface area contributed by atoms with Crippen LogP contribution in [0.5, 0.6) is 0 Å². The molecule has 0 bridgehead atoms. The number of rotatable bonds is 8. The first kappa shape index (κ1) is 19.9. The monoisotopic (exact) mass is 356 g/mol. The summed E-state index contributed by atoms with van der Waals surface area (Å²) in [5, 5.41) is 4.00. The van der Waals surface area contributed by atoms with Gasteiger partial charge in [0.2, 0.25) is 11.7 Å². The normalized spacial score (nSPS) is 11.4. The Morgan fingerprint density at radius 1 is 1.19 bits per heavy atom. The van der Waals surface area contributed by atoms with Gasteiger partial charge < -0.3 is 9.26 Å². The van der Waals surface area contributed by atoms with Crippen molar-refractivity contribution in [2.75, 3.05) is 0 Å². The number of aromatic nitrogens is 2. The average Bonchev–Trinajstić information content (AvgIpc) is 3.02. The van der Waals surface area contributed by atoms with Crippen LogP contribution >= 0.6 is 0 Å². The average molecular weight is 356 g/mol. The van der Waals surface area contributed by atoms with E-state index in [9.17, 15) is 4.79 Å². The Bertz CT molecular complexity index is 739. The largest absolute Gasteiger partial charge is 0.457 e. The highest BCUT2D eigenvalue weighted by molar-refractivity contribution is 5.88. The molecule has 1 heterocycles. The minimum atomic E-state index is -0.557. The molecule has 1 aromatic carbocycles. The molecule has 0 aliphatic heterocycles. The predicted octanol–water partition coefficient (Wildman–Crippen LogP) is 4.91. The van der Waals surface area contributed by atoms with Gasteiger partial charge in [0.05, 0.1) is 6.42 Å². The summed E-state index contributed by atoms with van der Waals surface area (Å²) in [6.45, 7) is 11.4. The number of hydrogen-bond donors (Lipinski definition) is 0. The second-order valence-electron chi connectivity index (χ2n) is 7.45. The third-order valence-electron chi connectivity index (χ3n) is 3.80. The van der Waals surface area contributed by atoms with Crippen LogP contribution in [0.25, 0.3) is 11.4 Å². The van der Waals surface area contributed by atoms with Crippen LogP contribution in [-0.4, -0.2) is 21.7 Å². The summed E-state index contributed by atoms with van der Waals surface area (Å²) in [7, 11) is 0. The molecule has 0 fully saturated rings. The highest BCUT2D eigenvalue weighted by Gasteiger charge is 2.20. The molecule has 140 valence electrons. The Kier molecular flexibility index (Phi) is 6.72. The quantitative estimate of drug-likeness (QED) is 0.382. The topological polar surface area (TPSA) is 65.2 Å². The smallest absolute Gasteiger partial charge is 0.334 e. The van der Waals surface area contributed by atoms with Gasteiger partial charge in [0.1, 0.15) is 5.60 Å². The molecular formula is C21H28N2O3. The van der Waals surface area contributed by atoms with Crippen LogP contribution in [0.2, 0.25) is 0 Å². The van der Waals surface area contributed by atoms with Crippen LogP contribution < -0.4 is 0 Å². The zero-order chi connectivity index (χ0) is 19.2. The Balaban J connectivity index is 1.96. The van der Waals surface area contributed by atoms with Crippen LogP contribution in [0.15, 0.2) is 40.9 Å². The number of carbonyl (C=O) groups is 1. The molecule has 0 amide bonds. The van der Waals surface area contributed by atoms with E-state index in [2.05, 4.69) is 35.8 Å². The van der Waals surface area contributed by atoms with Crippen LogP contribution in [0.4, 0.5) is 0 Å². The molecule has 0 aliphatic carbocycles. The SMILES string of the molecule is C=C(Cc1nc(-c2ccc(CCCCC)cc2)no1)C(=O)OC(C)(C)C. The summed E-state index contributed by atoms with van der Waals surface area (Å²) in [5.74, 6) is 0.411. The Morgan fingerprint density at radius 2 is 1.88 bits per heavy atom. The maximum atomic E-state index is 12.0. The molecule has 0 N–H and O–H groups in total. The molecule has 0 aliphatic rings. The van der Waals surface area contributed by atoms with Crippen molar-refractivity contribution >= 4 is 5.97 Å². The summed E-state index contributed by atoms with van der Waals surface area (Å²) in [5.41, 5.74) is 1.94. The summed E-state index contributed by atoms with van der Waals surface area (Å²) >= 11 is 0. The predicted molar refractivity (Wildman–Crippen MR) is 102 cm³/mol. The van der Waals surface area contributed by atoms with Crippen LogP contribution in [-0.2, 0) is 22.4 Å². The van der Waals surface area contributed by atoms with E-state index < -0.39 is 11.6 Å². The van der Waals surface area contributed by atoms with Gasteiger partial charge in [-0.2, -0.15) is 4.98 Å². The number of carbonyl (C=O) groups excluding carboxylic acids is 1. The molecule has 0 atom stereocenters. The number of hydrogen-bond acceptors (Lipinski definition) is 5. The molecule has 5 nitrogen and oxygen atoms in total. The zero-order valence-electron chi connectivity index (χ0n) is 16.2. The molecule has 0 radical (unpaired) electrons. The minimum absolute atomic E-state index is 0.178. The molecule has 0 unspecified atom stereocenters. The van der Waals surface area contributed by atoms with Crippen molar-refractivity contribution in [3.05, 3.63) is 47.9 Å². The second kappa shape index (κ2) is 8.79. The molecule has 2 aromatic rings. The summed E-state index contributed by atoms with van der Waals surface area (Å²) in [4.78, 5) is 16.3. The Hall–Kier alpha value is -2.43. The molecule has 0 saturated carbocycles. The van der Waals surface area contributed by atoms with Crippen LogP contribution in [0.3, 0.4) is 0 Å². The van der Waals surface area contributed by atoms with E-state index in [1.165, 1.54) is 24.8 Å². The van der Waals surface area contributed by atoms with Crippen molar-refractivity contribution in [3.8, 4) is 11.4 Å². The fraction of sp³-hybridized carbons (Fsp3) is 0.476. The van der Waals surface area contributed by atoms with Crippen molar-refractivity contribution in [1.29, 1.82) is 0 Å². The van der Waals surface area contributed by atoms with Crippen molar-refractivity contribution in [2.45, 2.75) is 65.4 Å². The van der Waals surface area contributed by atoms with Crippen molar-refractivity contribution in [3.63, 3.8) is 0 Å². The molecule has 5 heteroatoms. The Labute approximate surface area is 155 Å². The Morgan fingerprint density at radius 3 is 2.50 bits per heavy atom.